The molecule has 0 aromatic carbocycles. The van der Waals surface area contributed by atoms with Gasteiger partial charge in [-0.15, -0.1) is 0 Å². The Bertz CT molecular complexity index is 1820. The summed E-state index contributed by atoms with van der Waals surface area (Å²) >= 11 is 0. The van der Waals surface area contributed by atoms with Crippen LogP contribution in [0, 0.1) is 92.7 Å². The van der Waals surface area contributed by atoms with Crippen LogP contribution in [-0.4, -0.2) is 141 Å². The van der Waals surface area contributed by atoms with E-state index in [1.165, 1.54) is 35.5 Å². The molecule has 0 saturated heterocycles. The van der Waals surface area contributed by atoms with E-state index in [1.54, 1.807) is 0 Å². The van der Waals surface area contributed by atoms with Crippen molar-refractivity contribution in [1.29, 1.82) is 0 Å². The molecule has 8 aliphatic rings. The molecule has 410 valence electrons. The molecule has 16 heteroatoms. The smallest absolute Gasteiger partial charge is 0.861 e. The van der Waals surface area contributed by atoms with Crippen molar-refractivity contribution in [3.63, 3.8) is 0 Å². The summed E-state index contributed by atoms with van der Waals surface area (Å²) in [7, 11) is 0. The average Bonchev–Trinajstić information content (AvgIpc) is 3.88. The maximum Gasteiger partial charge on any atom is 1.00 e. The number of aliphatic imine (C=N–C) groups is 2. The van der Waals surface area contributed by atoms with Gasteiger partial charge in [0.05, 0.1) is 37.5 Å². The van der Waals surface area contributed by atoms with Gasteiger partial charge in [0.2, 0.25) is 0 Å². The van der Waals surface area contributed by atoms with E-state index < -0.39 is 36.8 Å². The molecule has 0 unspecified atom stereocenters. The van der Waals surface area contributed by atoms with Crippen molar-refractivity contribution in [3.05, 3.63) is 0 Å². The van der Waals surface area contributed by atoms with Crippen molar-refractivity contribution >= 4 is 23.7 Å². The molecule has 0 aliphatic heterocycles. The minimum Gasteiger partial charge on any atom is -0.861 e. The van der Waals surface area contributed by atoms with Crippen LogP contribution in [0.5, 0.6) is 0 Å². The number of fused-ring (bicyclic) bond motifs is 10. The zero-order valence-electron chi connectivity index (χ0n) is 47.1. The molecule has 0 heterocycles. The number of carboxylic acid groups (broad SMARTS) is 2. The van der Waals surface area contributed by atoms with Crippen molar-refractivity contribution in [2.24, 2.45) is 103 Å². The summed E-state index contributed by atoms with van der Waals surface area (Å²) in [4.78, 5) is 35.3. The molecule has 0 aromatic heterocycles. The summed E-state index contributed by atoms with van der Waals surface area (Å²) < 4.78 is 0. The second-order valence-corrected chi connectivity index (χ2v) is 26.8. The Kier molecular flexibility index (Phi) is 22.1. The standard InChI is InChI=1S/C58H98N4O10.2Na/c1-35(43-15-17-45-41-13-11-37-27-39(63)19-21-55(37,3)47(41)29-49(65)57(43,45)5)9-7-23-59-51(67)31-61(33-53(69)70)25-26-62(34-54(71)72)32-52(68)60-24-8-10-36(2)44-16-18-46-42-14-12-38-28-40(64)20-22-56(38,4)48(42)30-50(66)58(44,46)6;;/h35-50,63-66H,7-34H2,1-6H3,(H,59,67)(H,60,68)(H,69,70)(H,71,72);;/q;2*+1/p-2/t35-,36-,37-,38-,39-,40-,41+,42+,43-,44-,45+,46+,47+,48+,49+,50+,55+,56+,57-,58-;;/m1../s1. The van der Waals surface area contributed by atoms with E-state index in [-0.39, 0.29) is 131 Å². The van der Waals surface area contributed by atoms with Gasteiger partial charge in [-0.3, -0.25) is 19.4 Å². The molecule has 8 rings (SSSR count). The van der Waals surface area contributed by atoms with Crippen LogP contribution >= 0.6 is 0 Å². The van der Waals surface area contributed by atoms with E-state index in [0.29, 0.717) is 96.9 Å². The van der Waals surface area contributed by atoms with Crippen molar-refractivity contribution in [3.8, 4) is 0 Å². The van der Waals surface area contributed by atoms with Crippen LogP contribution in [0.4, 0.5) is 0 Å². The van der Waals surface area contributed by atoms with Gasteiger partial charge in [0.15, 0.2) is 0 Å². The first-order valence-corrected chi connectivity index (χ1v) is 29.1. The average molecular weight is 1060 g/mol. The number of aliphatic carboxylic acids is 2. The Balaban J connectivity index is 0.00000446. The number of hydrogen-bond donors (Lipinski definition) is 6. The molecule has 8 aliphatic carbocycles. The molecular formula is C58H96N4Na2O10. The molecule has 0 radical (unpaired) electrons. The Hall–Kier alpha value is -0.360. The zero-order valence-corrected chi connectivity index (χ0v) is 51.1. The molecule has 8 fully saturated rings. The van der Waals surface area contributed by atoms with Crippen LogP contribution in [-0.2, 0) is 9.59 Å². The van der Waals surface area contributed by atoms with Crippen LogP contribution in [0.1, 0.15) is 170 Å². The SMILES string of the molecule is C[C@H](CCCN=C([O-])CN(CCN(CC(=O)O)CC([O-])=NCCC[C@@H](C)[C@H]1CC[C@H]2[C@@H]3CC[C@@H]4C[C@H](O)CC[C@]4(C)[C@H]3C[C@H](O)[C@]12C)CC(=O)O)[C@H]1CC[C@H]2[C@@H]3CC[C@@H]4C[C@H](O)CC[C@]4(C)[C@H]3C[C@H](O)[C@]12C.[Na+].[Na+]. The first-order chi connectivity index (χ1) is 34.1. The van der Waals surface area contributed by atoms with E-state index in [0.717, 1.165) is 89.9 Å². The number of rotatable bonds is 21. The van der Waals surface area contributed by atoms with Crippen LogP contribution in [0.3, 0.4) is 0 Å². The van der Waals surface area contributed by atoms with E-state index >= 15 is 0 Å². The second kappa shape index (κ2) is 26.0. The molecule has 14 nitrogen and oxygen atoms in total. The summed E-state index contributed by atoms with van der Waals surface area (Å²) in [5, 5.41) is 90.6. The summed E-state index contributed by atoms with van der Waals surface area (Å²) in [5.41, 5.74) is 0.112. The third-order valence-electron chi connectivity index (χ3n) is 23.4. The summed E-state index contributed by atoms with van der Waals surface area (Å²) in [6, 6.07) is 0. The number of carbonyl (C=O) groups is 2. The fourth-order valence-corrected chi connectivity index (χ4v) is 19.5. The normalized spacial score (nSPS) is 42.6. The minimum absolute atomic E-state index is 0. The van der Waals surface area contributed by atoms with Crippen molar-refractivity contribution in [1.82, 2.24) is 9.80 Å². The maximum atomic E-state index is 13.2. The van der Waals surface area contributed by atoms with Crippen LogP contribution in [0.15, 0.2) is 9.98 Å². The maximum absolute atomic E-state index is 13.2. The predicted octanol–water partition coefficient (Wildman–Crippen LogP) is 0.0990. The second-order valence-electron chi connectivity index (χ2n) is 26.8. The van der Waals surface area contributed by atoms with Gasteiger partial charge in [0, 0.05) is 39.3 Å². The first-order valence-electron chi connectivity index (χ1n) is 29.1. The van der Waals surface area contributed by atoms with E-state index in [1.807, 2.05) is 0 Å². The van der Waals surface area contributed by atoms with E-state index in [2.05, 4.69) is 51.5 Å². The Labute approximate surface area is 488 Å². The molecule has 74 heavy (non-hydrogen) atoms. The van der Waals surface area contributed by atoms with Crippen LogP contribution in [0.25, 0.3) is 0 Å². The van der Waals surface area contributed by atoms with E-state index in [9.17, 15) is 50.4 Å². The Morgan fingerprint density at radius 2 is 0.919 bits per heavy atom. The van der Waals surface area contributed by atoms with Crippen LogP contribution in [0.2, 0.25) is 0 Å². The summed E-state index contributed by atoms with van der Waals surface area (Å²) in [6.07, 6.45) is 18.7. The summed E-state index contributed by atoms with van der Waals surface area (Å²) in [6.45, 7) is 13.6. The van der Waals surface area contributed by atoms with Crippen molar-refractivity contribution < 1.29 is 110 Å². The number of aliphatic hydroxyl groups excluding tert-OH is 4. The first kappa shape index (κ1) is 62.8. The molecule has 20 atom stereocenters. The van der Waals surface area contributed by atoms with Crippen molar-refractivity contribution in [2.75, 3.05) is 52.4 Å². The van der Waals surface area contributed by atoms with Gasteiger partial charge in [-0.1, -0.05) is 41.5 Å². The van der Waals surface area contributed by atoms with Gasteiger partial charge >= 0.3 is 71.1 Å². The minimum atomic E-state index is -1.12. The largest absolute Gasteiger partial charge is 1.00 e. The molecule has 0 bridgehead atoms. The van der Waals surface area contributed by atoms with Gasteiger partial charge in [-0.05, 0) is 233 Å². The fraction of sp³-hybridized carbons (Fsp3) is 0.931. The van der Waals surface area contributed by atoms with Gasteiger partial charge < -0.3 is 50.8 Å². The molecular weight excluding hydrogens is 959 g/mol. The molecule has 0 spiro atoms. The number of nitrogens with zero attached hydrogens (tertiary/aromatic N) is 4. The molecule has 6 N–H and O–H groups in total. The Morgan fingerprint density at radius 3 is 1.28 bits per heavy atom. The van der Waals surface area contributed by atoms with Gasteiger partial charge in [0.25, 0.3) is 0 Å². The zero-order chi connectivity index (χ0) is 51.9. The predicted molar refractivity (Wildman–Crippen MR) is 275 cm³/mol. The fourth-order valence-electron chi connectivity index (χ4n) is 19.5. The monoisotopic (exact) mass is 1050 g/mol. The molecule has 8 saturated carbocycles. The number of hydrogen-bond acceptors (Lipinski definition) is 12. The van der Waals surface area contributed by atoms with Gasteiger partial charge in [0.1, 0.15) is 0 Å². The van der Waals surface area contributed by atoms with E-state index in [4.69, 9.17) is 0 Å². The number of aliphatic hydroxyl groups is 4. The third kappa shape index (κ3) is 12.9. The summed E-state index contributed by atoms with van der Waals surface area (Å²) in [5.74, 6) is 2.73. The third-order valence-corrected chi connectivity index (χ3v) is 23.4. The quantitative estimate of drug-likeness (QED) is 0.0389. The molecule has 0 aromatic rings. The number of carboxylic acids is 2. The Morgan fingerprint density at radius 1 is 0.541 bits per heavy atom. The van der Waals surface area contributed by atoms with Crippen LogP contribution < -0.4 is 69.3 Å². The molecule has 0 amide bonds. The topological polar surface area (TPSA) is 233 Å². The van der Waals surface area contributed by atoms with Crippen molar-refractivity contribution in [2.45, 2.75) is 194 Å². The van der Waals surface area contributed by atoms with Gasteiger partial charge in [-0.2, -0.15) is 0 Å². The van der Waals surface area contributed by atoms with Gasteiger partial charge in [-0.25, -0.2) is 0 Å².